The molecule has 1 N–H and O–H groups in total. The van der Waals surface area contributed by atoms with Crippen LogP contribution in [0.2, 0.25) is 0 Å². The fraction of sp³-hybridized carbons (Fsp3) is 1.00. The van der Waals surface area contributed by atoms with Crippen molar-refractivity contribution in [2.75, 3.05) is 32.8 Å². The van der Waals surface area contributed by atoms with Gasteiger partial charge in [-0.2, -0.15) is 0 Å². The first-order valence-corrected chi connectivity index (χ1v) is 7.74. The molecular weight excluding hydrogens is 226 g/mol. The van der Waals surface area contributed by atoms with E-state index < -0.39 is 0 Å². The second kappa shape index (κ2) is 7.46. The molecule has 3 heteroatoms. The lowest BCUT2D eigenvalue weighted by Gasteiger charge is -2.34. The highest BCUT2D eigenvalue weighted by atomic mass is 16.5. The second-order valence-electron chi connectivity index (χ2n) is 6.19. The van der Waals surface area contributed by atoms with Gasteiger partial charge in [0.05, 0.1) is 6.10 Å². The van der Waals surface area contributed by atoms with Crippen molar-refractivity contribution in [1.82, 2.24) is 4.90 Å². The Morgan fingerprint density at radius 2 is 1.94 bits per heavy atom. The van der Waals surface area contributed by atoms with Crippen LogP contribution in [-0.2, 0) is 4.74 Å². The van der Waals surface area contributed by atoms with Crippen LogP contribution in [0.5, 0.6) is 0 Å². The molecule has 0 aromatic rings. The number of unbranched alkanes of at least 4 members (excludes halogenated alkanes) is 1. The maximum atomic E-state index is 9.70. The predicted molar refractivity (Wildman–Crippen MR) is 73.6 cm³/mol. The summed E-state index contributed by atoms with van der Waals surface area (Å²) in [7, 11) is 0. The third-order valence-corrected chi connectivity index (χ3v) is 4.62. The van der Waals surface area contributed by atoms with Crippen LogP contribution in [0.3, 0.4) is 0 Å². The highest BCUT2D eigenvalue weighted by Crippen LogP contribution is 2.21. The van der Waals surface area contributed by atoms with E-state index in [1.807, 2.05) is 0 Å². The summed E-state index contributed by atoms with van der Waals surface area (Å²) in [5.74, 6) is 1.37. The van der Waals surface area contributed by atoms with Crippen LogP contribution in [0.4, 0.5) is 0 Å². The number of nitrogens with zero attached hydrogens (tertiary/aromatic N) is 1. The standard InChI is InChI=1S/C15H29NO2/c1-13-12-16(9-5-15(13)17)8-3-2-4-14-6-10-18-11-7-14/h13-15,17H,2-12H2,1H3/t13-,15-/m1/s1. The molecule has 0 bridgehead atoms. The average molecular weight is 255 g/mol. The molecule has 18 heavy (non-hydrogen) atoms. The van der Waals surface area contributed by atoms with Crippen molar-refractivity contribution in [1.29, 1.82) is 0 Å². The topological polar surface area (TPSA) is 32.7 Å². The molecule has 2 aliphatic heterocycles. The Morgan fingerprint density at radius 3 is 2.67 bits per heavy atom. The van der Waals surface area contributed by atoms with Crippen LogP contribution in [0.1, 0.15) is 45.4 Å². The summed E-state index contributed by atoms with van der Waals surface area (Å²) in [4.78, 5) is 2.53. The van der Waals surface area contributed by atoms with E-state index in [1.54, 1.807) is 0 Å². The Morgan fingerprint density at radius 1 is 1.17 bits per heavy atom. The third kappa shape index (κ3) is 4.52. The maximum absolute atomic E-state index is 9.70. The van der Waals surface area contributed by atoms with Crippen molar-refractivity contribution >= 4 is 0 Å². The molecule has 2 fully saturated rings. The first-order chi connectivity index (χ1) is 8.75. The molecule has 0 spiro atoms. The third-order valence-electron chi connectivity index (χ3n) is 4.62. The molecule has 0 amide bonds. The van der Waals surface area contributed by atoms with Gasteiger partial charge in [0.1, 0.15) is 0 Å². The van der Waals surface area contributed by atoms with Gasteiger partial charge in [-0.1, -0.05) is 19.8 Å². The molecule has 2 saturated heterocycles. The van der Waals surface area contributed by atoms with Crippen LogP contribution < -0.4 is 0 Å². The van der Waals surface area contributed by atoms with Gasteiger partial charge in [-0.05, 0) is 44.1 Å². The molecule has 0 aliphatic carbocycles. The van der Waals surface area contributed by atoms with Gasteiger partial charge in [0.15, 0.2) is 0 Å². The summed E-state index contributed by atoms with van der Waals surface area (Å²) in [6.07, 6.45) is 7.50. The minimum atomic E-state index is -0.0662. The molecular formula is C15H29NO2. The van der Waals surface area contributed by atoms with Crippen molar-refractivity contribution in [3.8, 4) is 0 Å². The lowest BCUT2D eigenvalue weighted by Crippen LogP contribution is -2.42. The molecule has 0 radical (unpaired) electrons. The molecule has 0 aromatic carbocycles. The van der Waals surface area contributed by atoms with Crippen LogP contribution >= 0.6 is 0 Å². The number of aliphatic hydroxyl groups is 1. The van der Waals surface area contributed by atoms with E-state index in [9.17, 15) is 5.11 Å². The van der Waals surface area contributed by atoms with Gasteiger partial charge in [0.25, 0.3) is 0 Å². The van der Waals surface area contributed by atoms with Gasteiger partial charge in [0.2, 0.25) is 0 Å². The quantitative estimate of drug-likeness (QED) is 0.765. The Labute approximate surface area is 112 Å². The Bertz CT molecular complexity index is 229. The fourth-order valence-electron chi connectivity index (χ4n) is 3.23. The Kier molecular flexibility index (Phi) is 5.93. The van der Waals surface area contributed by atoms with Crippen molar-refractivity contribution < 1.29 is 9.84 Å². The van der Waals surface area contributed by atoms with E-state index in [0.717, 1.165) is 38.6 Å². The normalized spacial score (nSPS) is 31.7. The van der Waals surface area contributed by atoms with Crippen LogP contribution in [-0.4, -0.2) is 49.0 Å². The van der Waals surface area contributed by atoms with Gasteiger partial charge in [-0.25, -0.2) is 0 Å². The highest BCUT2D eigenvalue weighted by Gasteiger charge is 2.23. The lowest BCUT2D eigenvalue weighted by molar-refractivity contribution is 0.0338. The fourth-order valence-corrected chi connectivity index (χ4v) is 3.23. The minimum Gasteiger partial charge on any atom is -0.393 e. The van der Waals surface area contributed by atoms with Gasteiger partial charge in [-0.3, -0.25) is 0 Å². The zero-order valence-corrected chi connectivity index (χ0v) is 11.8. The lowest BCUT2D eigenvalue weighted by atomic mass is 9.93. The summed E-state index contributed by atoms with van der Waals surface area (Å²) < 4.78 is 5.39. The monoisotopic (exact) mass is 255 g/mol. The number of aliphatic hydroxyl groups excluding tert-OH is 1. The number of hydrogen-bond donors (Lipinski definition) is 1. The maximum Gasteiger partial charge on any atom is 0.0590 e. The molecule has 3 nitrogen and oxygen atoms in total. The first-order valence-electron chi connectivity index (χ1n) is 7.74. The number of piperidine rings is 1. The summed E-state index contributed by atoms with van der Waals surface area (Å²) in [5.41, 5.74) is 0. The van der Waals surface area contributed by atoms with Crippen LogP contribution in [0, 0.1) is 11.8 Å². The van der Waals surface area contributed by atoms with E-state index in [-0.39, 0.29) is 6.10 Å². The van der Waals surface area contributed by atoms with Crippen molar-refractivity contribution in [2.45, 2.75) is 51.6 Å². The number of likely N-dealkylation sites (tertiary alicyclic amines) is 1. The summed E-state index contributed by atoms with van der Waals surface area (Å²) in [5, 5.41) is 9.70. The first kappa shape index (κ1) is 14.3. The largest absolute Gasteiger partial charge is 0.393 e. The van der Waals surface area contributed by atoms with Crippen molar-refractivity contribution in [3.63, 3.8) is 0 Å². The summed E-state index contributed by atoms with van der Waals surface area (Å²) >= 11 is 0. The van der Waals surface area contributed by atoms with Gasteiger partial charge < -0.3 is 14.7 Å². The Hall–Kier alpha value is -0.120. The van der Waals surface area contributed by atoms with E-state index in [4.69, 9.17) is 4.74 Å². The number of hydrogen-bond acceptors (Lipinski definition) is 3. The van der Waals surface area contributed by atoms with Crippen molar-refractivity contribution in [3.05, 3.63) is 0 Å². The Balaban J connectivity index is 1.52. The molecule has 0 aromatic heterocycles. The molecule has 0 unspecified atom stereocenters. The second-order valence-corrected chi connectivity index (χ2v) is 6.19. The van der Waals surface area contributed by atoms with Crippen molar-refractivity contribution in [2.24, 2.45) is 11.8 Å². The SMILES string of the molecule is C[C@@H]1CN(CCCCC2CCOCC2)CC[C@H]1O. The zero-order valence-electron chi connectivity index (χ0n) is 11.8. The number of rotatable bonds is 5. The summed E-state index contributed by atoms with van der Waals surface area (Å²) in [6.45, 7) is 7.51. The zero-order chi connectivity index (χ0) is 12.8. The smallest absolute Gasteiger partial charge is 0.0590 e. The minimum absolute atomic E-state index is 0.0662. The molecule has 2 rings (SSSR count). The van der Waals surface area contributed by atoms with Gasteiger partial charge in [0, 0.05) is 26.3 Å². The molecule has 2 atom stereocenters. The number of ether oxygens (including phenoxy) is 1. The van der Waals surface area contributed by atoms with Gasteiger partial charge in [-0.15, -0.1) is 0 Å². The van der Waals surface area contributed by atoms with E-state index in [1.165, 1.54) is 38.6 Å². The molecule has 2 heterocycles. The van der Waals surface area contributed by atoms with Crippen LogP contribution in [0.25, 0.3) is 0 Å². The van der Waals surface area contributed by atoms with Gasteiger partial charge >= 0.3 is 0 Å². The molecule has 0 saturated carbocycles. The van der Waals surface area contributed by atoms with E-state index >= 15 is 0 Å². The molecule has 2 aliphatic rings. The molecule has 106 valence electrons. The van der Waals surface area contributed by atoms with E-state index in [0.29, 0.717) is 5.92 Å². The van der Waals surface area contributed by atoms with Crippen LogP contribution in [0.15, 0.2) is 0 Å². The average Bonchev–Trinajstić information content (AvgIpc) is 2.40. The van der Waals surface area contributed by atoms with E-state index in [2.05, 4.69) is 11.8 Å². The predicted octanol–water partition coefficient (Wildman–Crippen LogP) is 2.29. The highest BCUT2D eigenvalue weighted by molar-refractivity contribution is 4.77. The summed E-state index contributed by atoms with van der Waals surface area (Å²) in [6, 6.07) is 0.